The van der Waals surface area contributed by atoms with Gasteiger partial charge in [-0.2, -0.15) is 0 Å². The summed E-state index contributed by atoms with van der Waals surface area (Å²) in [6.45, 7) is 5.55. The van der Waals surface area contributed by atoms with Crippen molar-refractivity contribution in [2.24, 2.45) is 11.8 Å². The van der Waals surface area contributed by atoms with Crippen LogP contribution in [-0.2, 0) is 4.74 Å². The number of hydrogen-bond donors (Lipinski definition) is 1. The van der Waals surface area contributed by atoms with Crippen LogP contribution in [0.3, 0.4) is 0 Å². The molecule has 110 valence electrons. The maximum atomic E-state index is 5.97. The molecule has 3 unspecified atom stereocenters. The van der Waals surface area contributed by atoms with Crippen molar-refractivity contribution in [2.45, 2.75) is 57.7 Å². The van der Waals surface area contributed by atoms with E-state index >= 15 is 0 Å². The van der Waals surface area contributed by atoms with Gasteiger partial charge in [-0.25, -0.2) is 0 Å². The lowest BCUT2D eigenvalue weighted by atomic mass is 9.95. The topological polar surface area (TPSA) is 21.3 Å². The first-order chi connectivity index (χ1) is 9.74. The Bertz CT molecular complexity index is 413. The number of nitrogens with one attached hydrogen (secondary N) is 1. The van der Waals surface area contributed by atoms with Gasteiger partial charge < -0.3 is 10.1 Å². The van der Waals surface area contributed by atoms with E-state index in [2.05, 4.69) is 49.5 Å². The van der Waals surface area contributed by atoms with Crippen LogP contribution < -0.4 is 5.32 Å². The van der Waals surface area contributed by atoms with E-state index in [1.807, 2.05) is 0 Å². The van der Waals surface area contributed by atoms with Crippen molar-refractivity contribution >= 4 is 0 Å². The molecule has 2 heteroatoms. The van der Waals surface area contributed by atoms with E-state index in [-0.39, 0.29) is 0 Å². The van der Waals surface area contributed by atoms with Crippen LogP contribution >= 0.6 is 0 Å². The molecule has 1 aliphatic carbocycles. The standard InChI is InChI=1S/C18H27NO/c1-13(2)12-17(14-6-4-3-5-7-14)19-16-10-11-20-18(16)15-8-9-15/h3-7,13,15-19H,8-12H2,1-2H3. The second-order valence-corrected chi connectivity index (χ2v) is 6.83. The molecule has 0 aromatic heterocycles. The highest BCUT2D eigenvalue weighted by atomic mass is 16.5. The van der Waals surface area contributed by atoms with E-state index in [4.69, 9.17) is 4.74 Å². The van der Waals surface area contributed by atoms with Gasteiger partial charge in [0.2, 0.25) is 0 Å². The van der Waals surface area contributed by atoms with Crippen LogP contribution in [0, 0.1) is 11.8 Å². The molecule has 0 spiro atoms. The average molecular weight is 273 g/mol. The molecule has 0 bridgehead atoms. The summed E-state index contributed by atoms with van der Waals surface area (Å²) in [5.41, 5.74) is 1.42. The Morgan fingerprint density at radius 2 is 1.90 bits per heavy atom. The van der Waals surface area contributed by atoms with Gasteiger partial charge >= 0.3 is 0 Å². The maximum absolute atomic E-state index is 5.97. The quantitative estimate of drug-likeness (QED) is 0.848. The van der Waals surface area contributed by atoms with Gasteiger partial charge in [-0.15, -0.1) is 0 Å². The SMILES string of the molecule is CC(C)CC(NC1CCOC1C1CC1)c1ccccc1. The molecule has 2 aliphatic rings. The van der Waals surface area contributed by atoms with E-state index in [1.54, 1.807) is 0 Å². The lowest BCUT2D eigenvalue weighted by Gasteiger charge is -2.28. The summed E-state index contributed by atoms with van der Waals surface area (Å²) < 4.78 is 5.97. The first-order valence-corrected chi connectivity index (χ1v) is 8.16. The van der Waals surface area contributed by atoms with Crippen molar-refractivity contribution in [2.75, 3.05) is 6.61 Å². The molecule has 1 N–H and O–H groups in total. The smallest absolute Gasteiger partial charge is 0.0757 e. The highest BCUT2D eigenvalue weighted by molar-refractivity contribution is 5.19. The Morgan fingerprint density at radius 3 is 2.55 bits per heavy atom. The number of benzene rings is 1. The molecule has 1 heterocycles. The first kappa shape index (κ1) is 14.1. The zero-order chi connectivity index (χ0) is 13.9. The number of ether oxygens (including phenoxy) is 1. The molecular formula is C18H27NO. The van der Waals surface area contributed by atoms with E-state index in [0.717, 1.165) is 12.5 Å². The van der Waals surface area contributed by atoms with Crippen molar-refractivity contribution in [3.8, 4) is 0 Å². The minimum absolute atomic E-state index is 0.462. The third kappa shape index (κ3) is 3.42. The zero-order valence-electron chi connectivity index (χ0n) is 12.7. The Hall–Kier alpha value is -0.860. The fourth-order valence-electron chi connectivity index (χ4n) is 3.39. The average Bonchev–Trinajstić information content (AvgIpc) is 3.19. The summed E-state index contributed by atoms with van der Waals surface area (Å²) in [6, 6.07) is 11.9. The molecule has 1 aromatic rings. The van der Waals surface area contributed by atoms with Gasteiger partial charge in [-0.3, -0.25) is 0 Å². The van der Waals surface area contributed by atoms with Crippen LogP contribution in [0.1, 0.15) is 51.1 Å². The third-order valence-electron chi connectivity index (χ3n) is 4.55. The molecule has 3 atom stereocenters. The zero-order valence-corrected chi connectivity index (χ0v) is 12.7. The largest absolute Gasteiger partial charge is 0.376 e. The van der Waals surface area contributed by atoms with Crippen molar-refractivity contribution in [3.05, 3.63) is 35.9 Å². The van der Waals surface area contributed by atoms with Crippen LogP contribution in [-0.4, -0.2) is 18.8 Å². The minimum Gasteiger partial charge on any atom is -0.376 e. The van der Waals surface area contributed by atoms with Gasteiger partial charge in [0.05, 0.1) is 6.10 Å². The second-order valence-electron chi connectivity index (χ2n) is 6.83. The number of rotatable bonds is 6. The molecule has 1 saturated heterocycles. The Labute approximate surface area is 122 Å². The molecule has 1 saturated carbocycles. The monoisotopic (exact) mass is 273 g/mol. The molecule has 0 amide bonds. The van der Waals surface area contributed by atoms with Crippen molar-refractivity contribution in [1.82, 2.24) is 5.32 Å². The normalized spacial score (nSPS) is 27.9. The highest BCUT2D eigenvalue weighted by Crippen LogP contribution is 2.39. The summed E-state index contributed by atoms with van der Waals surface area (Å²) in [5.74, 6) is 1.53. The Kier molecular flexibility index (Phi) is 4.42. The van der Waals surface area contributed by atoms with Crippen LogP contribution in [0.4, 0.5) is 0 Å². The lowest BCUT2D eigenvalue weighted by molar-refractivity contribution is 0.0782. The summed E-state index contributed by atoms with van der Waals surface area (Å²) in [4.78, 5) is 0. The van der Waals surface area contributed by atoms with Crippen LogP contribution in [0.2, 0.25) is 0 Å². The summed E-state index contributed by atoms with van der Waals surface area (Å²) >= 11 is 0. The van der Waals surface area contributed by atoms with Gasteiger partial charge in [-0.05, 0) is 43.1 Å². The summed E-state index contributed by atoms with van der Waals surface area (Å²) in [7, 11) is 0. The predicted molar refractivity (Wildman–Crippen MR) is 82.6 cm³/mol. The van der Waals surface area contributed by atoms with E-state index < -0.39 is 0 Å². The maximum Gasteiger partial charge on any atom is 0.0757 e. The fraction of sp³-hybridized carbons (Fsp3) is 0.667. The summed E-state index contributed by atoms with van der Waals surface area (Å²) in [5, 5.41) is 3.91. The third-order valence-corrected chi connectivity index (χ3v) is 4.55. The second kappa shape index (κ2) is 6.28. The van der Waals surface area contributed by atoms with Crippen molar-refractivity contribution < 1.29 is 4.74 Å². The molecule has 20 heavy (non-hydrogen) atoms. The highest BCUT2D eigenvalue weighted by Gasteiger charge is 2.41. The van der Waals surface area contributed by atoms with Crippen LogP contribution in [0.15, 0.2) is 30.3 Å². The van der Waals surface area contributed by atoms with Gasteiger partial charge in [0.25, 0.3) is 0 Å². The molecule has 1 aliphatic heterocycles. The van der Waals surface area contributed by atoms with Gasteiger partial charge in [-0.1, -0.05) is 44.2 Å². The minimum atomic E-state index is 0.462. The molecular weight excluding hydrogens is 246 g/mol. The van der Waals surface area contributed by atoms with Crippen LogP contribution in [0.5, 0.6) is 0 Å². The first-order valence-electron chi connectivity index (χ1n) is 8.16. The van der Waals surface area contributed by atoms with E-state index in [9.17, 15) is 0 Å². The van der Waals surface area contributed by atoms with Gasteiger partial charge in [0.15, 0.2) is 0 Å². The molecule has 3 rings (SSSR count). The van der Waals surface area contributed by atoms with Gasteiger partial charge in [0.1, 0.15) is 0 Å². The van der Waals surface area contributed by atoms with Crippen molar-refractivity contribution in [1.29, 1.82) is 0 Å². The van der Waals surface area contributed by atoms with Gasteiger partial charge in [0, 0.05) is 18.7 Å². The molecule has 0 radical (unpaired) electrons. The molecule has 2 fully saturated rings. The predicted octanol–water partition coefficient (Wildman–Crippen LogP) is 3.93. The molecule has 1 aromatic carbocycles. The van der Waals surface area contributed by atoms with E-state index in [1.165, 1.54) is 31.2 Å². The lowest BCUT2D eigenvalue weighted by Crippen LogP contribution is -2.40. The fourth-order valence-corrected chi connectivity index (χ4v) is 3.39. The Morgan fingerprint density at radius 1 is 1.15 bits per heavy atom. The molecule has 2 nitrogen and oxygen atoms in total. The van der Waals surface area contributed by atoms with Crippen LogP contribution in [0.25, 0.3) is 0 Å². The number of hydrogen-bond acceptors (Lipinski definition) is 2. The van der Waals surface area contributed by atoms with E-state index in [0.29, 0.717) is 24.1 Å². The summed E-state index contributed by atoms with van der Waals surface area (Å²) in [6.07, 6.45) is 5.56. The van der Waals surface area contributed by atoms with Crippen molar-refractivity contribution in [3.63, 3.8) is 0 Å². The Balaban J connectivity index is 1.69.